The Morgan fingerprint density at radius 3 is 2.80 bits per heavy atom. The van der Waals surface area contributed by atoms with Crippen molar-refractivity contribution in [1.29, 1.82) is 0 Å². The summed E-state index contributed by atoms with van der Waals surface area (Å²) in [5.41, 5.74) is 1.20. The van der Waals surface area contributed by atoms with Crippen molar-refractivity contribution in [3.8, 4) is 0 Å². The molecule has 1 aromatic rings. The fourth-order valence-corrected chi connectivity index (χ4v) is 2.65. The summed E-state index contributed by atoms with van der Waals surface area (Å²) in [6.07, 6.45) is 1.25. The summed E-state index contributed by atoms with van der Waals surface area (Å²) in [5.74, 6) is 0.460. The molecule has 4 nitrogen and oxygen atoms in total. The second kappa shape index (κ2) is 6.39. The van der Waals surface area contributed by atoms with Crippen LogP contribution in [0.5, 0.6) is 0 Å². The first-order chi connectivity index (χ1) is 9.49. The van der Waals surface area contributed by atoms with Gasteiger partial charge in [0.25, 0.3) is 0 Å². The van der Waals surface area contributed by atoms with E-state index in [4.69, 9.17) is 0 Å². The Morgan fingerprint density at radius 2 is 2.15 bits per heavy atom. The van der Waals surface area contributed by atoms with Gasteiger partial charge in [-0.25, -0.2) is 0 Å². The SMILES string of the molecule is CN(C)C(=O)CCNC(=O)[C@H]1C[C@@H]1c1cccc(Br)c1. The number of halogens is 1. The van der Waals surface area contributed by atoms with E-state index in [-0.39, 0.29) is 17.7 Å². The van der Waals surface area contributed by atoms with E-state index in [0.717, 1.165) is 10.9 Å². The number of nitrogens with one attached hydrogen (secondary N) is 1. The van der Waals surface area contributed by atoms with Gasteiger partial charge in [0.15, 0.2) is 0 Å². The van der Waals surface area contributed by atoms with Gasteiger partial charge in [0.05, 0.1) is 0 Å². The Kier molecular flexibility index (Phi) is 4.81. The molecule has 1 saturated carbocycles. The number of amides is 2. The summed E-state index contributed by atoms with van der Waals surface area (Å²) in [5, 5.41) is 2.85. The molecule has 0 saturated heterocycles. The number of hydrogen-bond donors (Lipinski definition) is 1. The Bertz CT molecular complexity index is 516. The van der Waals surface area contributed by atoms with E-state index >= 15 is 0 Å². The maximum atomic E-state index is 12.0. The van der Waals surface area contributed by atoms with E-state index in [1.54, 1.807) is 14.1 Å². The number of carbonyl (C=O) groups is 2. The molecule has 1 N–H and O–H groups in total. The minimum atomic E-state index is 0.0321. The molecule has 2 atom stereocenters. The quantitative estimate of drug-likeness (QED) is 0.894. The highest BCUT2D eigenvalue weighted by Gasteiger charge is 2.43. The molecule has 2 rings (SSSR count). The van der Waals surface area contributed by atoms with Crippen LogP contribution in [0.1, 0.15) is 24.3 Å². The first kappa shape index (κ1) is 15.0. The molecule has 0 radical (unpaired) electrons. The standard InChI is InChI=1S/C15H19BrN2O2/c1-18(2)14(19)6-7-17-15(20)13-9-12(13)10-4-3-5-11(16)8-10/h3-5,8,12-13H,6-7,9H2,1-2H3,(H,17,20)/t12-,13+/m1/s1. The highest BCUT2D eigenvalue weighted by atomic mass is 79.9. The number of hydrogen-bond acceptors (Lipinski definition) is 2. The van der Waals surface area contributed by atoms with Crippen LogP contribution in [0.4, 0.5) is 0 Å². The van der Waals surface area contributed by atoms with Crippen molar-refractivity contribution in [2.45, 2.75) is 18.8 Å². The highest BCUT2D eigenvalue weighted by molar-refractivity contribution is 9.10. The summed E-state index contributed by atoms with van der Waals surface area (Å²) in [6, 6.07) is 8.09. The Labute approximate surface area is 127 Å². The molecule has 0 aliphatic heterocycles. The molecule has 5 heteroatoms. The lowest BCUT2D eigenvalue weighted by molar-refractivity contribution is -0.128. The van der Waals surface area contributed by atoms with Crippen molar-refractivity contribution in [3.05, 3.63) is 34.3 Å². The molecule has 1 fully saturated rings. The van der Waals surface area contributed by atoms with E-state index in [9.17, 15) is 9.59 Å². The maximum absolute atomic E-state index is 12.0. The molecule has 1 aliphatic carbocycles. The minimum Gasteiger partial charge on any atom is -0.355 e. The summed E-state index contributed by atoms with van der Waals surface area (Å²) in [4.78, 5) is 24.9. The fraction of sp³-hybridized carbons (Fsp3) is 0.467. The smallest absolute Gasteiger partial charge is 0.223 e. The Hall–Kier alpha value is -1.36. The van der Waals surface area contributed by atoms with E-state index in [2.05, 4.69) is 33.4 Å². The van der Waals surface area contributed by atoms with Gasteiger partial charge in [0, 0.05) is 37.5 Å². The predicted molar refractivity (Wildman–Crippen MR) is 81.3 cm³/mol. The molecule has 2 amide bonds. The molecule has 1 aromatic carbocycles. The largest absolute Gasteiger partial charge is 0.355 e. The van der Waals surface area contributed by atoms with Crippen LogP contribution in [-0.4, -0.2) is 37.4 Å². The van der Waals surface area contributed by atoms with E-state index < -0.39 is 0 Å². The van der Waals surface area contributed by atoms with E-state index in [1.807, 2.05) is 12.1 Å². The minimum absolute atomic E-state index is 0.0321. The zero-order chi connectivity index (χ0) is 14.7. The van der Waals surface area contributed by atoms with Gasteiger partial charge < -0.3 is 10.2 Å². The van der Waals surface area contributed by atoms with Crippen LogP contribution in [0, 0.1) is 5.92 Å². The molecule has 108 valence electrons. The zero-order valence-electron chi connectivity index (χ0n) is 11.7. The van der Waals surface area contributed by atoms with Crippen molar-refractivity contribution in [1.82, 2.24) is 10.2 Å². The molecular formula is C15H19BrN2O2. The average Bonchev–Trinajstić information content (AvgIpc) is 3.18. The molecule has 0 spiro atoms. The van der Waals surface area contributed by atoms with Gasteiger partial charge in [-0.2, -0.15) is 0 Å². The van der Waals surface area contributed by atoms with Crippen molar-refractivity contribution < 1.29 is 9.59 Å². The van der Waals surface area contributed by atoms with Gasteiger partial charge in [0.1, 0.15) is 0 Å². The molecule has 20 heavy (non-hydrogen) atoms. The van der Waals surface area contributed by atoms with Crippen LogP contribution in [0.25, 0.3) is 0 Å². The van der Waals surface area contributed by atoms with Gasteiger partial charge in [-0.05, 0) is 30.0 Å². The third-order valence-electron chi connectivity index (χ3n) is 3.54. The summed E-state index contributed by atoms with van der Waals surface area (Å²) in [6.45, 7) is 0.414. The van der Waals surface area contributed by atoms with Gasteiger partial charge in [-0.1, -0.05) is 28.1 Å². The summed E-state index contributed by atoms with van der Waals surface area (Å²) < 4.78 is 1.04. The third kappa shape index (κ3) is 3.82. The highest BCUT2D eigenvalue weighted by Crippen LogP contribution is 2.47. The topological polar surface area (TPSA) is 49.4 Å². The second-order valence-electron chi connectivity index (χ2n) is 5.33. The van der Waals surface area contributed by atoms with Gasteiger partial charge >= 0.3 is 0 Å². The zero-order valence-corrected chi connectivity index (χ0v) is 13.3. The van der Waals surface area contributed by atoms with Crippen molar-refractivity contribution >= 4 is 27.7 Å². The van der Waals surface area contributed by atoms with Gasteiger partial charge in [-0.3, -0.25) is 9.59 Å². The lowest BCUT2D eigenvalue weighted by atomic mass is 10.1. The third-order valence-corrected chi connectivity index (χ3v) is 4.03. The van der Waals surface area contributed by atoms with E-state index in [1.165, 1.54) is 10.5 Å². The number of nitrogens with zero attached hydrogens (tertiary/aromatic N) is 1. The van der Waals surface area contributed by atoms with Crippen LogP contribution in [0.3, 0.4) is 0 Å². The Morgan fingerprint density at radius 1 is 1.40 bits per heavy atom. The van der Waals surface area contributed by atoms with Crippen LogP contribution in [0.2, 0.25) is 0 Å². The summed E-state index contributed by atoms with van der Waals surface area (Å²) in [7, 11) is 3.43. The number of rotatable bonds is 5. The van der Waals surface area contributed by atoms with Crippen molar-refractivity contribution in [2.24, 2.45) is 5.92 Å². The van der Waals surface area contributed by atoms with Crippen LogP contribution in [0.15, 0.2) is 28.7 Å². The first-order valence-corrected chi connectivity index (χ1v) is 7.51. The van der Waals surface area contributed by atoms with Crippen LogP contribution >= 0.6 is 15.9 Å². The fourth-order valence-electron chi connectivity index (χ4n) is 2.24. The van der Waals surface area contributed by atoms with Gasteiger partial charge in [0.2, 0.25) is 11.8 Å². The van der Waals surface area contributed by atoms with Crippen LogP contribution < -0.4 is 5.32 Å². The van der Waals surface area contributed by atoms with Crippen molar-refractivity contribution in [2.75, 3.05) is 20.6 Å². The normalized spacial score (nSPS) is 20.4. The lowest BCUT2D eigenvalue weighted by Gasteiger charge is -2.10. The van der Waals surface area contributed by atoms with Crippen molar-refractivity contribution in [3.63, 3.8) is 0 Å². The molecule has 1 aliphatic rings. The number of carbonyl (C=O) groups excluding carboxylic acids is 2. The van der Waals surface area contributed by atoms with Gasteiger partial charge in [-0.15, -0.1) is 0 Å². The Balaban J connectivity index is 1.77. The monoisotopic (exact) mass is 338 g/mol. The lowest BCUT2D eigenvalue weighted by Crippen LogP contribution is -2.31. The second-order valence-corrected chi connectivity index (χ2v) is 6.25. The van der Waals surface area contributed by atoms with E-state index in [0.29, 0.717) is 18.9 Å². The molecule has 0 unspecified atom stereocenters. The molecule has 0 aromatic heterocycles. The first-order valence-electron chi connectivity index (χ1n) is 6.72. The maximum Gasteiger partial charge on any atom is 0.223 e. The van der Waals surface area contributed by atoms with Crippen LogP contribution in [-0.2, 0) is 9.59 Å². The summed E-state index contributed by atoms with van der Waals surface area (Å²) >= 11 is 3.44. The average molecular weight is 339 g/mol. The number of benzene rings is 1. The molecule has 0 heterocycles. The predicted octanol–water partition coefficient (Wildman–Crippen LogP) is 2.15. The molecule has 0 bridgehead atoms. The molecular weight excluding hydrogens is 320 g/mol.